The van der Waals surface area contributed by atoms with Crippen LogP contribution in [-0.2, 0) is 13.0 Å². The molecule has 2 aromatic rings. The fourth-order valence-electron chi connectivity index (χ4n) is 1.49. The van der Waals surface area contributed by atoms with Crippen LogP contribution in [0, 0.1) is 5.82 Å². The summed E-state index contributed by atoms with van der Waals surface area (Å²) < 4.78 is 13.4. The summed E-state index contributed by atoms with van der Waals surface area (Å²) in [6.07, 6.45) is 2.73. The number of thiazole rings is 1. The van der Waals surface area contributed by atoms with Gasteiger partial charge < -0.3 is 5.32 Å². The number of halogens is 1. The zero-order chi connectivity index (χ0) is 13.0. The van der Waals surface area contributed by atoms with Crippen molar-refractivity contribution in [1.29, 1.82) is 0 Å². The second kappa shape index (κ2) is 5.73. The quantitative estimate of drug-likeness (QED) is 0.922. The molecule has 1 N–H and O–H groups in total. The van der Waals surface area contributed by atoms with Crippen molar-refractivity contribution in [3.8, 4) is 0 Å². The summed E-state index contributed by atoms with van der Waals surface area (Å²) in [5.41, 5.74) is 0.0600. The third-order valence-electron chi connectivity index (χ3n) is 2.47. The van der Waals surface area contributed by atoms with Crippen molar-refractivity contribution in [2.24, 2.45) is 0 Å². The fourth-order valence-corrected chi connectivity index (χ4v) is 2.29. The molecule has 1 amide bonds. The number of hydrogen-bond acceptors (Lipinski definition) is 3. The van der Waals surface area contributed by atoms with Crippen molar-refractivity contribution in [2.45, 2.75) is 19.9 Å². The van der Waals surface area contributed by atoms with Crippen LogP contribution < -0.4 is 5.32 Å². The third kappa shape index (κ3) is 2.92. The topological polar surface area (TPSA) is 42.0 Å². The molecule has 1 heterocycles. The Morgan fingerprint density at radius 3 is 2.89 bits per heavy atom. The first-order valence-electron chi connectivity index (χ1n) is 5.67. The molecular formula is C13H13FN2OS. The summed E-state index contributed by atoms with van der Waals surface area (Å²) in [5.74, 6) is -0.926. The second-order valence-electron chi connectivity index (χ2n) is 3.74. The van der Waals surface area contributed by atoms with Gasteiger partial charge in [-0.2, -0.15) is 0 Å². The number of amides is 1. The zero-order valence-electron chi connectivity index (χ0n) is 9.94. The summed E-state index contributed by atoms with van der Waals surface area (Å²) >= 11 is 1.55. The van der Waals surface area contributed by atoms with Crippen LogP contribution in [0.4, 0.5) is 4.39 Å². The number of rotatable bonds is 4. The van der Waals surface area contributed by atoms with E-state index in [-0.39, 0.29) is 5.56 Å². The minimum Gasteiger partial charge on any atom is -0.345 e. The first kappa shape index (κ1) is 12.7. The molecule has 0 aliphatic heterocycles. The van der Waals surface area contributed by atoms with E-state index in [0.29, 0.717) is 6.54 Å². The van der Waals surface area contributed by atoms with Crippen molar-refractivity contribution in [3.05, 3.63) is 51.7 Å². The van der Waals surface area contributed by atoms with Gasteiger partial charge in [-0.3, -0.25) is 4.79 Å². The van der Waals surface area contributed by atoms with Crippen LogP contribution in [0.5, 0.6) is 0 Å². The Bertz CT molecular complexity index is 553. The van der Waals surface area contributed by atoms with E-state index in [9.17, 15) is 9.18 Å². The highest BCUT2D eigenvalue weighted by atomic mass is 32.1. The highest BCUT2D eigenvalue weighted by Crippen LogP contribution is 2.13. The summed E-state index contributed by atoms with van der Waals surface area (Å²) in [4.78, 5) is 17.1. The predicted octanol–water partition coefficient (Wildman–Crippen LogP) is 2.77. The van der Waals surface area contributed by atoms with Gasteiger partial charge in [0.25, 0.3) is 5.91 Å². The van der Waals surface area contributed by atoms with Crippen molar-refractivity contribution >= 4 is 17.2 Å². The van der Waals surface area contributed by atoms with E-state index in [1.54, 1.807) is 29.7 Å². The number of carbonyl (C=O) groups is 1. The molecule has 0 aliphatic carbocycles. The average molecular weight is 264 g/mol. The number of aromatic nitrogens is 1. The van der Waals surface area contributed by atoms with Gasteiger partial charge in [-0.05, 0) is 18.6 Å². The zero-order valence-corrected chi connectivity index (χ0v) is 10.8. The van der Waals surface area contributed by atoms with Gasteiger partial charge in [0.15, 0.2) is 0 Å². The number of aryl methyl sites for hydroxylation is 1. The van der Waals surface area contributed by atoms with Crippen molar-refractivity contribution in [2.75, 3.05) is 0 Å². The Morgan fingerprint density at radius 2 is 2.22 bits per heavy atom. The maximum absolute atomic E-state index is 13.4. The molecule has 0 radical (unpaired) electrons. The van der Waals surface area contributed by atoms with Gasteiger partial charge in [-0.25, -0.2) is 9.37 Å². The molecule has 1 aromatic heterocycles. The largest absolute Gasteiger partial charge is 0.345 e. The molecule has 0 saturated carbocycles. The van der Waals surface area contributed by atoms with Gasteiger partial charge in [-0.15, -0.1) is 11.3 Å². The van der Waals surface area contributed by atoms with Crippen molar-refractivity contribution < 1.29 is 9.18 Å². The number of benzene rings is 1. The molecule has 0 unspecified atom stereocenters. The van der Waals surface area contributed by atoms with Gasteiger partial charge in [0.05, 0.1) is 12.1 Å². The minimum atomic E-state index is -0.511. The first-order valence-corrected chi connectivity index (χ1v) is 6.48. The Kier molecular flexibility index (Phi) is 4.04. The Hall–Kier alpha value is -1.75. The standard InChI is InChI=1S/C13H13FN2OS/c1-2-9-7-15-12(18-9)8-16-13(17)10-5-3-4-6-11(10)14/h3-7H,2,8H2,1H3,(H,16,17). The molecule has 0 saturated heterocycles. The molecular weight excluding hydrogens is 251 g/mol. The van der Waals surface area contributed by atoms with Crippen LogP contribution in [-0.4, -0.2) is 10.9 Å². The monoisotopic (exact) mass is 264 g/mol. The fraction of sp³-hybridized carbons (Fsp3) is 0.231. The first-order chi connectivity index (χ1) is 8.70. The Labute approximate surface area is 109 Å². The van der Waals surface area contributed by atoms with Crippen LogP contribution in [0.1, 0.15) is 27.2 Å². The van der Waals surface area contributed by atoms with Crippen LogP contribution in [0.3, 0.4) is 0 Å². The van der Waals surface area contributed by atoms with E-state index < -0.39 is 11.7 Å². The molecule has 18 heavy (non-hydrogen) atoms. The highest BCUT2D eigenvalue weighted by Gasteiger charge is 2.10. The molecule has 94 valence electrons. The van der Waals surface area contributed by atoms with Gasteiger partial charge in [-0.1, -0.05) is 19.1 Å². The normalized spacial score (nSPS) is 10.3. The lowest BCUT2D eigenvalue weighted by atomic mass is 10.2. The van der Waals surface area contributed by atoms with Crippen LogP contribution in [0.15, 0.2) is 30.5 Å². The lowest BCUT2D eigenvalue weighted by Gasteiger charge is -2.03. The predicted molar refractivity (Wildman–Crippen MR) is 69.1 cm³/mol. The molecule has 0 spiro atoms. The second-order valence-corrected chi connectivity index (χ2v) is 4.94. The summed E-state index contributed by atoms with van der Waals surface area (Å²) in [6.45, 7) is 2.38. The van der Waals surface area contributed by atoms with Crippen LogP contribution in [0.25, 0.3) is 0 Å². The number of nitrogens with one attached hydrogen (secondary N) is 1. The molecule has 0 fully saturated rings. The maximum atomic E-state index is 13.4. The Balaban J connectivity index is 1.98. The van der Waals surface area contributed by atoms with Gasteiger partial charge in [0.2, 0.25) is 0 Å². The van der Waals surface area contributed by atoms with Gasteiger partial charge in [0, 0.05) is 11.1 Å². The molecule has 0 bridgehead atoms. The summed E-state index contributed by atoms with van der Waals surface area (Å²) in [6, 6.07) is 5.93. The van der Waals surface area contributed by atoms with E-state index in [2.05, 4.69) is 17.2 Å². The van der Waals surface area contributed by atoms with E-state index in [1.165, 1.54) is 17.0 Å². The highest BCUT2D eigenvalue weighted by molar-refractivity contribution is 7.11. The SMILES string of the molecule is CCc1cnc(CNC(=O)c2ccccc2F)s1. The minimum absolute atomic E-state index is 0.0600. The summed E-state index contributed by atoms with van der Waals surface area (Å²) in [5, 5.41) is 3.49. The lowest BCUT2D eigenvalue weighted by molar-refractivity contribution is 0.0947. The number of hydrogen-bond donors (Lipinski definition) is 1. The molecule has 3 nitrogen and oxygen atoms in total. The lowest BCUT2D eigenvalue weighted by Crippen LogP contribution is -2.23. The van der Waals surface area contributed by atoms with E-state index in [0.717, 1.165) is 11.4 Å². The third-order valence-corrected chi connectivity index (χ3v) is 3.61. The van der Waals surface area contributed by atoms with E-state index in [4.69, 9.17) is 0 Å². The molecule has 2 rings (SSSR count). The maximum Gasteiger partial charge on any atom is 0.254 e. The smallest absolute Gasteiger partial charge is 0.254 e. The number of nitrogens with zero attached hydrogens (tertiary/aromatic N) is 1. The van der Waals surface area contributed by atoms with Crippen LogP contribution in [0.2, 0.25) is 0 Å². The number of carbonyl (C=O) groups excluding carboxylic acids is 1. The van der Waals surface area contributed by atoms with E-state index >= 15 is 0 Å². The van der Waals surface area contributed by atoms with Crippen LogP contribution >= 0.6 is 11.3 Å². The summed E-state index contributed by atoms with van der Waals surface area (Å²) in [7, 11) is 0. The van der Waals surface area contributed by atoms with Crippen molar-refractivity contribution in [3.63, 3.8) is 0 Å². The van der Waals surface area contributed by atoms with Gasteiger partial charge in [0.1, 0.15) is 10.8 Å². The Morgan fingerprint density at radius 1 is 1.44 bits per heavy atom. The van der Waals surface area contributed by atoms with Crippen molar-refractivity contribution in [1.82, 2.24) is 10.3 Å². The molecule has 5 heteroatoms. The van der Waals surface area contributed by atoms with E-state index in [1.807, 2.05) is 0 Å². The average Bonchev–Trinajstić information content (AvgIpc) is 2.84. The molecule has 1 aromatic carbocycles. The molecule has 0 atom stereocenters. The molecule has 0 aliphatic rings. The van der Waals surface area contributed by atoms with Gasteiger partial charge >= 0.3 is 0 Å².